The van der Waals surface area contributed by atoms with Crippen LogP contribution in [0.15, 0.2) is 54.6 Å². The second-order valence-corrected chi connectivity index (χ2v) is 9.22. The normalized spacial score (nSPS) is 15.2. The van der Waals surface area contributed by atoms with Gasteiger partial charge in [0.15, 0.2) is 0 Å². The van der Waals surface area contributed by atoms with E-state index in [-0.39, 0.29) is 18.1 Å². The second-order valence-electron chi connectivity index (χ2n) is 8.22. The van der Waals surface area contributed by atoms with Gasteiger partial charge in [0.25, 0.3) is 11.6 Å². The molecule has 0 fully saturated rings. The van der Waals surface area contributed by atoms with Gasteiger partial charge in [0, 0.05) is 41.0 Å². The quantitative estimate of drug-likeness (QED) is 0.240. The van der Waals surface area contributed by atoms with Gasteiger partial charge in [0.05, 0.1) is 10.5 Å². The van der Waals surface area contributed by atoms with Gasteiger partial charge in [-0.3, -0.25) is 14.9 Å². The van der Waals surface area contributed by atoms with Gasteiger partial charge in [-0.2, -0.15) is 0 Å². The van der Waals surface area contributed by atoms with Gasteiger partial charge in [-0.25, -0.2) is 4.98 Å². The number of fused-ring (bicyclic) bond motifs is 4. The number of nitrogens with zero attached hydrogens (tertiary/aromatic N) is 3. The number of aromatic nitrogens is 1. The molecule has 1 unspecified atom stereocenters. The van der Waals surface area contributed by atoms with Crippen molar-refractivity contribution in [2.24, 2.45) is 0 Å². The molecule has 9 heteroatoms. The Labute approximate surface area is 199 Å². The summed E-state index contributed by atoms with van der Waals surface area (Å²) < 4.78 is 0. The average molecular weight is 473 g/mol. The SMILES string of the molecule is Cc1cc(C)c2c3c(sc2n1)Nc1ccc([N+](=O)[O-])cc1C(C=O)N(Cc1ccccc1)C3=O. The van der Waals surface area contributed by atoms with E-state index in [1.807, 2.05) is 50.2 Å². The summed E-state index contributed by atoms with van der Waals surface area (Å²) in [5.74, 6) is -0.333. The van der Waals surface area contributed by atoms with Gasteiger partial charge in [0.1, 0.15) is 22.2 Å². The molecule has 1 N–H and O–H groups in total. The van der Waals surface area contributed by atoms with Crippen molar-refractivity contribution in [2.45, 2.75) is 26.4 Å². The van der Waals surface area contributed by atoms with E-state index in [0.717, 1.165) is 27.0 Å². The van der Waals surface area contributed by atoms with Gasteiger partial charge in [0.2, 0.25) is 0 Å². The van der Waals surface area contributed by atoms with Crippen molar-refractivity contribution < 1.29 is 14.5 Å². The molecule has 1 atom stereocenters. The maximum absolute atomic E-state index is 14.1. The highest BCUT2D eigenvalue weighted by Gasteiger charge is 2.35. The predicted octanol–water partition coefficient (Wildman–Crippen LogP) is 5.46. The first-order valence-corrected chi connectivity index (χ1v) is 11.5. The highest BCUT2D eigenvalue weighted by molar-refractivity contribution is 7.23. The number of anilines is 2. The van der Waals surface area contributed by atoms with Crippen LogP contribution in [0.1, 0.15) is 38.8 Å². The maximum atomic E-state index is 14.1. The van der Waals surface area contributed by atoms with E-state index < -0.39 is 11.0 Å². The van der Waals surface area contributed by atoms with Crippen LogP contribution < -0.4 is 5.32 Å². The van der Waals surface area contributed by atoms with Crippen molar-refractivity contribution in [3.8, 4) is 0 Å². The zero-order chi connectivity index (χ0) is 24.0. The summed E-state index contributed by atoms with van der Waals surface area (Å²) in [6.45, 7) is 4.00. The van der Waals surface area contributed by atoms with Crippen LogP contribution in [0.2, 0.25) is 0 Å². The predicted molar refractivity (Wildman–Crippen MR) is 131 cm³/mol. The Morgan fingerprint density at radius 1 is 1.18 bits per heavy atom. The van der Waals surface area contributed by atoms with Crippen LogP contribution >= 0.6 is 11.3 Å². The number of aldehydes is 1. The van der Waals surface area contributed by atoms with E-state index in [0.29, 0.717) is 28.1 Å². The summed E-state index contributed by atoms with van der Waals surface area (Å²) in [6, 6.07) is 14.6. The lowest BCUT2D eigenvalue weighted by molar-refractivity contribution is -0.384. The Morgan fingerprint density at radius 2 is 1.94 bits per heavy atom. The Morgan fingerprint density at radius 3 is 2.65 bits per heavy atom. The molecule has 170 valence electrons. The van der Waals surface area contributed by atoms with Crippen LogP contribution in [-0.2, 0) is 11.3 Å². The van der Waals surface area contributed by atoms with Crippen LogP contribution in [-0.4, -0.2) is 27.0 Å². The van der Waals surface area contributed by atoms with Crippen molar-refractivity contribution in [1.82, 2.24) is 9.88 Å². The standard InChI is InChI=1S/C25H20N4O4S/c1-14-10-15(2)26-23-21(14)22-24(34-23)27-19-9-8-17(29(32)33)11-18(19)20(13-30)28(25(22)31)12-16-6-4-3-5-7-16/h3-11,13,20,27H,12H2,1-2H3. The minimum atomic E-state index is -1.02. The molecule has 2 aromatic heterocycles. The Kier molecular flexibility index (Phi) is 5.33. The van der Waals surface area contributed by atoms with E-state index in [1.165, 1.54) is 28.4 Å². The van der Waals surface area contributed by atoms with Gasteiger partial charge in [-0.1, -0.05) is 41.7 Å². The molecule has 2 aromatic carbocycles. The second kappa shape index (κ2) is 8.35. The summed E-state index contributed by atoms with van der Waals surface area (Å²) in [7, 11) is 0. The smallest absolute Gasteiger partial charge is 0.269 e. The number of pyridine rings is 1. The number of hydrogen-bond donors (Lipinski definition) is 1. The zero-order valence-corrected chi connectivity index (χ0v) is 19.3. The molecule has 1 aliphatic heterocycles. The van der Waals surface area contributed by atoms with Gasteiger partial charge in [-0.15, -0.1) is 0 Å². The molecule has 4 aromatic rings. The lowest BCUT2D eigenvalue weighted by Gasteiger charge is -2.32. The number of aryl methyl sites for hydroxylation is 2. The Hall–Kier alpha value is -4.11. The third kappa shape index (κ3) is 3.60. The number of rotatable bonds is 4. The first-order valence-electron chi connectivity index (χ1n) is 10.6. The van der Waals surface area contributed by atoms with Gasteiger partial charge >= 0.3 is 0 Å². The summed E-state index contributed by atoms with van der Waals surface area (Å²) >= 11 is 1.35. The summed E-state index contributed by atoms with van der Waals surface area (Å²) in [4.78, 5) is 44.3. The summed E-state index contributed by atoms with van der Waals surface area (Å²) in [5, 5.41) is 16.1. The van der Waals surface area contributed by atoms with Gasteiger partial charge < -0.3 is 15.0 Å². The third-order valence-corrected chi connectivity index (χ3v) is 6.93. The van der Waals surface area contributed by atoms with Crippen molar-refractivity contribution >= 4 is 50.1 Å². The number of nitro groups is 1. The monoisotopic (exact) mass is 472 g/mol. The highest BCUT2D eigenvalue weighted by Crippen LogP contribution is 2.44. The third-order valence-electron chi connectivity index (χ3n) is 5.94. The number of thiophene rings is 1. The van der Waals surface area contributed by atoms with Gasteiger partial charge in [-0.05, 0) is 37.1 Å². The van der Waals surface area contributed by atoms with Crippen LogP contribution in [0.5, 0.6) is 0 Å². The topological polar surface area (TPSA) is 105 Å². The van der Waals surface area contributed by atoms with Crippen molar-refractivity contribution in [2.75, 3.05) is 5.32 Å². The summed E-state index contributed by atoms with van der Waals surface area (Å²) in [6.07, 6.45) is 0.667. The first-order chi connectivity index (χ1) is 16.4. The summed E-state index contributed by atoms with van der Waals surface area (Å²) in [5.41, 5.74) is 3.82. The van der Waals surface area contributed by atoms with Crippen molar-refractivity contribution in [1.29, 1.82) is 0 Å². The van der Waals surface area contributed by atoms with Crippen LogP contribution in [0.25, 0.3) is 10.2 Å². The fourth-order valence-electron chi connectivity index (χ4n) is 4.41. The molecule has 0 saturated heterocycles. The minimum Gasteiger partial charge on any atom is -0.346 e. The zero-order valence-electron chi connectivity index (χ0n) is 18.4. The van der Waals surface area contributed by atoms with Crippen LogP contribution in [0.4, 0.5) is 16.4 Å². The van der Waals surface area contributed by atoms with E-state index in [1.54, 1.807) is 6.07 Å². The molecule has 0 bridgehead atoms. The largest absolute Gasteiger partial charge is 0.346 e. The molecule has 0 saturated carbocycles. The van der Waals surface area contributed by atoms with Crippen molar-refractivity contribution in [3.63, 3.8) is 0 Å². The number of carbonyl (C=O) groups is 2. The Bertz CT molecular complexity index is 1470. The lowest BCUT2D eigenvalue weighted by atomic mass is 9.98. The lowest BCUT2D eigenvalue weighted by Crippen LogP contribution is -2.37. The number of nitro benzene ring substituents is 1. The number of carbonyl (C=O) groups excluding carboxylic acids is 2. The van der Waals surface area contributed by atoms with E-state index in [4.69, 9.17) is 0 Å². The Balaban J connectivity index is 1.79. The van der Waals surface area contributed by atoms with E-state index in [9.17, 15) is 19.7 Å². The number of benzene rings is 2. The van der Waals surface area contributed by atoms with Crippen LogP contribution in [0, 0.1) is 24.0 Å². The number of hydrogen-bond acceptors (Lipinski definition) is 7. The number of non-ortho nitro benzene ring substituents is 1. The molecule has 8 nitrogen and oxygen atoms in total. The van der Waals surface area contributed by atoms with Crippen molar-refractivity contribution in [3.05, 3.63) is 92.7 Å². The molecule has 5 rings (SSSR count). The van der Waals surface area contributed by atoms with E-state index in [2.05, 4.69) is 10.3 Å². The fraction of sp³-hybridized carbons (Fsp3) is 0.160. The molecule has 3 heterocycles. The molecular weight excluding hydrogens is 452 g/mol. The fourth-order valence-corrected chi connectivity index (χ4v) is 5.61. The van der Waals surface area contributed by atoms with E-state index >= 15 is 0 Å². The molecule has 34 heavy (non-hydrogen) atoms. The molecule has 1 amide bonds. The molecule has 0 aliphatic carbocycles. The highest BCUT2D eigenvalue weighted by atomic mass is 32.1. The average Bonchev–Trinajstić information content (AvgIpc) is 3.16. The first kappa shape index (κ1) is 21.7. The molecular formula is C25H20N4O4S. The number of nitrogens with one attached hydrogen (secondary N) is 1. The molecule has 0 radical (unpaired) electrons. The number of amides is 1. The van der Waals surface area contributed by atoms with Crippen LogP contribution in [0.3, 0.4) is 0 Å². The minimum absolute atomic E-state index is 0.148. The maximum Gasteiger partial charge on any atom is 0.269 e. The molecule has 0 spiro atoms. The molecule has 1 aliphatic rings.